The second-order valence-electron chi connectivity index (χ2n) is 6.86. The van der Waals surface area contributed by atoms with Gasteiger partial charge in [-0.3, -0.25) is 9.89 Å². The van der Waals surface area contributed by atoms with E-state index in [1.54, 1.807) is 0 Å². The molecule has 1 aliphatic heterocycles. The van der Waals surface area contributed by atoms with E-state index in [4.69, 9.17) is 11.6 Å². The average molecular weight is 380 g/mol. The molecule has 0 spiro atoms. The minimum atomic E-state index is -0.122. The lowest BCUT2D eigenvalue weighted by Gasteiger charge is -2.26. The Morgan fingerprint density at radius 3 is 2.41 bits per heavy atom. The smallest absolute Gasteiger partial charge is 0.273 e. The van der Waals surface area contributed by atoms with E-state index in [1.165, 1.54) is 5.56 Å². The lowest BCUT2D eigenvalue weighted by molar-refractivity contribution is 0.0744. The summed E-state index contributed by atoms with van der Waals surface area (Å²) in [6, 6.07) is 16.0. The fourth-order valence-corrected chi connectivity index (χ4v) is 3.90. The fourth-order valence-electron chi connectivity index (χ4n) is 3.78. The van der Waals surface area contributed by atoms with E-state index in [1.807, 2.05) is 29.2 Å². The number of hydrogen-bond donors (Lipinski definition) is 1. The Labute approximate surface area is 164 Å². The summed E-state index contributed by atoms with van der Waals surface area (Å²) in [5.74, 6) is 0.0177. The van der Waals surface area contributed by atoms with Crippen LogP contribution in [0, 0.1) is 0 Å². The number of aromatic nitrogens is 2. The highest BCUT2D eigenvalue weighted by Gasteiger charge is 2.41. The molecule has 1 aliphatic rings. The van der Waals surface area contributed by atoms with E-state index in [0.29, 0.717) is 17.3 Å². The molecule has 1 atom stereocenters. The molecule has 0 bridgehead atoms. The zero-order valence-electron chi connectivity index (χ0n) is 15.5. The highest BCUT2D eigenvalue weighted by atomic mass is 35.5. The van der Waals surface area contributed by atoms with Crippen molar-refractivity contribution in [1.29, 1.82) is 0 Å². The summed E-state index contributed by atoms with van der Waals surface area (Å²) < 4.78 is 0. The number of carbonyl (C=O) groups is 1. The van der Waals surface area contributed by atoms with Crippen LogP contribution < -0.4 is 0 Å². The first-order chi connectivity index (χ1) is 13.1. The molecule has 138 valence electrons. The molecule has 0 fully saturated rings. The van der Waals surface area contributed by atoms with Crippen LogP contribution in [-0.2, 0) is 6.42 Å². The molecule has 0 radical (unpaired) electrons. The van der Waals surface area contributed by atoms with Crippen LogP contribution in [-0.4, -0.2) is 27.5 Å². The third kappa shape index (κ3) is 3.04. The summed E-state index contributed by atoms with van der Waals surface area (Å²) in [7, 11) is 0. The SMILES string of the molecule is CCCN1C(=O)c2[nH]nc(-c3ccc(Cl)cc3)c2C1c1ccc(CC)cc1. The van der Waals surface area contributed by atoms with E-state index in [9.17, 15) is 4.79 Å². The van der Waals surface area contributed by atoms with Crippen LogP contribution in [0.2, 0.25) is 5.02 Å². The predicted molar refractivity (Wildman–Crippen MR) is 108 cm³/mol. The van der Waals surface area contributed by atoms with Gasteiger partial charge in [0.15, 0.2) is 0 Å². The van der Waals surface area contributed by atoms with Crippen molar-refractivity contribution in [3.8, 4) is 11.3 Å². The summed E-state index contributed by atoms with van der Waals surface area (Å²) in [6.45, 7) is 4.95. The maximum Gasteiger partial charge on any atom is 0.273 e. The number of aryl methyl sites for hydroxylation is 1. The van der Waals surface area contributed by atoms with Crippen LogP contribution in [0.25, 0.3) is 11.3 Å². The molecule has 1 unspecified atom stereocenters. The van der Waals surface area contributed by atoms with Gasteiger partial charge < -0.3 is 4.90 Å². The van der Waals surface area contributed by atoms with E-state index in [2.05, 4.69) is 48.3 Å². The molecule has 0 aliphatic carbocycles. The highest BCUT2D eigenvalue weighted by Crippen LogP contribution is 2.42. The Morgan fingerprint density at radius 1 is 1.07 bits per heavy atom. The minimum absolute atomic E-state index is 0.0177. The molecule has 1 N–H and O–H groups in total. The molecular formula is C22H22ClN3O. The van der Waals surface area contributed by atoms with Gasteiger partial charge in [-0.2, -0.15) is 5.10 Å². The van der Waals surface area contributed by atoms with Crippen molar-refractivity contribution < 1.29 is 4.79 Å². The van der Waals surface area contributed by atoms with Crippen molar-refractivity contribution in [2.75, 3.05) is 6.54 Å². The maximum absolute atomic E-state index is 13.0. The highest BCUT2D eigenvalue weighted by molar-refractivity contribution is 6.30. The van der Waals surface area contributed by atoms with Crippen molar-refractivity contribution in [3.05, 3.63) is 75.9 Å². The van der Waals surface area contributed by atoms with Crippen LogP contribution in [0.3, 0.4) is 0 Å². The monoisotopic (exact) mass is 379 g/mol. The number of fused-ring (bicyclic) bond motifs is 1. The molecule has 2 heterocycles. The van der Waals surface area contributed by atoms with Crippen LogP contribution in [0.5, 0.6) is 0 Å². The molecule has 0 saturated carbocycles. The quantitative estimate of drug-likeness (QED) is 0.658. The number of nitrogens with one attached hydrogen (secondary N) is 1. The van der Waals surface area contributed by atoms with Gasteiger partial charge >= 0.3 is 0 Å². The fraction of sp³-hybridized carbons (Fsp3) is 0.273. The number of hydrogen-bond acceptors (Lipinski definition) is 2. The standard InChI is InChI=1S/C22H22ClN3O/c1-3-13-26-21(16-7-5-14(4-2)6-8-16)18-19(24-25-20(18)22(26)27)15-9-11-17(23)12-10-15/h5-12,21H,3-4,13H2,1-2H3,(H,24,25). The number of amides is 1. The van der Waals surface area contributed by atoms with Gasteiger partial charge in [-0.15, -0.1) is 0 Å². The van der Waals surface area contributed by atoms with Gasteiger partial charge in [0.2, 0.25) is 0 Å². The molecular weight excluding hydrogens is 358 g/mol. The number of H-pyrrole nitrogens is 1. The lowest BCUT2D eigenvalue weighted by Crippen LogP contribution is -2.30. The van der Waals surface area contributed by atoms with Gasteiger partial charge in [0, 0.05) is 22.7 Å². The van der Waals surface area contributed by atoms with Crippen LogP contribution >= 0.6 is 11.6 Å². The Kier molecular flexibility index (Phi) is 4.75. The zero-order chi connectivity index (χ0) is 19.0. The maximum atomic E-state index is 13.0. The summed E-state index contributed by atoms with van der Waals surface area (Å²) in [4.78, 5) is 15.0. The third-order valence-corrected chi connectivity index (χ3v) is 5.40. The Hall–Kier alpha value is -2.59. The Morgan fingerprint density at radius 2 is 1.78 bits per heavy atom. The van der Waals surface area contributed by atoms with Gasteiger partial charge in [0.25, 0.3) is 5.91 Å². The van der Waals surface area contributed by atoms with Crippen LogP contribution in [0.4, 0.5) is 0 Å². The zero-order valence-corrected chi connectivity index (χ0v) is 16.3. The molecule has 2 aromatic carbocycles. The lowest BCUT2D eigenvalue weighted by atomic mass is 9.95. The van der Waals surface area contributed by atoms with Crippen LogP contribution in [0.15, 0.2) is 48.5 Å². The summed E-state index contributed by atoms with van der Waals surface area (Å²) in [5.41, 5.74) is 5.73. The van der Waals surface area contributed by atoms with E-state index >= 15 is 0 Å². The predicted octanol–water partition coefficient (Wildman–Crippen LogP) is 5.25. The average Bonchev–Trinajstić information content (AvgIpc) is 3.23. The summed E-state index contributed by atoms with van der Waals surface area (Å²) in [5, 5.41) is 8.14. The minimum Gasteiger partial charge on any atom is -0.326 e. The number of halogens is 1. The molecule has 27 heavy (non-hydrogen) atoms. The second kappa shape index (κ2) is 7.20. The Balaban J connectivity index is 1.85. The molecule has 5 heteroatoms. The van der Waals surface area contributed by atoms with Crippen molar-refractivity contribution >= 4 is 17.5 Å². The van der Waals surface area contributed by atoms with E-state index in [0.717, 1.165) is 35.2 Å². The first-order valence-electron chi connectivity index (χ1n) is 9.38. The normalized spacial score (nSPS) is 16.0. The van der Waals surface area contributed by atoms with Crippen molar-refractivity contribution in [2.45, 2.75) is 32.7 Å². The first kappa shape index (κ1) is 17.8. The van der Waals surface area contributed by atoms with E-state index < -0.39 is 0 Å². The molecule has 1 amide bonds. The van der Waals surface area contributed by atoms with Gasteiger partial charge in [0.05, 0.1) is 11.7 Å². The molecule has 3 aromatic rings. The summed E-state index contributed by atoms with van der Waals surface area (Å²) >= 11 is 6.04. The molecule has 1 aromatic heterocycles. The number of carbonyl (C=O) groups excluding carboxylic acids is 1. The van der Waals surface area contributed by atoms with Gasteiger partial charge in [-0.05, 0) is 36.1 Å². The van der Waals surface area contributed by atoms with Crippen molar-refractivity contribution in [3.63, 3.8) is 0 Å². The van der Waals surface area contributed by atoms with Crippen molar-refractivity contribution in [2.24, 2.45) is 0 Å². The van der Waals surface area contributed by atoms with Gasteiger partial charge in [0.1, 0.15) is 5.69 Å². The Bertz CT molecular complexity index is 960. The van der Waals surface area contributed by atoms with Crippen LogP contribution in [0.1, 0.15) is 53.5 Å². The molecule has 0 saturated heterocycles. The topological polar surface area (TPSA) is 49.0 Å². The number of nitrogens with zero attached hydrogens (tertiary/aromatic N) is 2. The second-order valence-corrected chi connectivity index (χ2v) is 7.30. The first-order valence-corrected chi connectivity index (χ1v) is 9.75. The van der Waals surface area contributed by atoms with E-state index in [-0.39, 0.29) is 11.9 Å². The number of benzene rings is 2. The number of aromatic amines is 1. The summed E-state index contributed by atoms with van der Waals surface area (Å²) in [6.07, 6.45) is 1.90. The molecule has 4 rings (SSSR count). The van der Waals surface area contributed by atoms with Gasteiger partial charge in [-0.1, -0.05) is 61.8 Å². The number of rotatable bonds is 5. The molecule has 4 nitrogen and oxygen atoms in total. The third-order valence-electron chi connectivity index (χ3n) is 5.15. The largest absolute Gasteiger partial charge is 0.326 e. The van der Waals surface area contributed by atoms with Gasteiger partial charge in [-0.25, -0.2) is 0 Å². The van der Waals surface area contributed by atoms with Crippen molar-refractivity contribution in [1.82, 2.24) is 15.1 Å².